The maximum atomic E-state index is 11.9. The van der Waals surface area contributed by atoms with E-state index in [0.717, 1.165) is 17.8 Å². The van der Waals surface area contributed by atoms with Crippen molar-refractivity contribution >= 4 is 11.6 Å². The molecular weight excluding hydrogens is 252 g/mol. The summed E-state index contributed by atoms with van der Waals surface area (Å²) >= 11 is 0. The van der Waals surface area contributed by atoms with Crippen LogP contribution >= 0.6 is 0 Å². The van der Waals surface area contributed by atoms with Gasteiger partial charge in [-0.25, -0.2) is 4.98 Å². The minimum atomic E-state index is -0.0544. The van der Waals surface area contributed by atoms with Crippen LogP contribution in [0, 0.1) is 0 Å². The number of nitrogens with one attached hydrogen (secondary N) is 1. The van der Waals surface area contributed by atoms with Gasteiger partial charge in [-0.05, 0) is 24.3 Å². The van der Waals surface area contributed by atoms with Crippen LogP contribution in [0.5, 0.6) is 0 Å². The van der Waals surface area contributed by atoms with Crippen molar-refractivity contribution in [1.29, 1.82) is 0 Å². The zero-order valence-electron chi connectivity index (χ0n) is 11.3. The van der Waals surface area contributed by atoms with Gasteiger partial charge in [0.05, 0.1) is 5.69 Å². The van der Waals surface area contributed by atoms with E-state index in [9.17, 15) is 4.79 Å². The molecule has 0 saturated carbocycles. The number of carbonyl (C=O) groups excluding carboxylic acids is 1. The molecule has 3 heterocycles. The van der Waals surface area contributed by atoms with Crippen LogP contribution in [0.25, 0.3) is 5.65 Å². The number of aryl methyl sites for hydroxylation is 1. The summed E-state index contributed by atoms with van der Waals surface area (Å²) in [4.78, 5) is 16.4. The minimum Gasteiger partial charge on any atom is -0.350 e. The normalized spacial score (nSPS) is 10.8. The lowest BCUT2D eigenvalue weighted by atomic mass is 10.3. The molecule has 0 unspecified atom stereocenters. The highest BCUT2D eigenvalue weighted by Gasteiger charge is 2.08. The fourth-order valence-electron chi connectivity index (χ4n) is 2.20. The lowest BCUT2D eigenvalue weighted by molar-refractivity contribution is 0.0946. The molecule has 0 aliphatic rings. The van der Waals surface area contributed by atoms with Crippen LogP contribution in [-0.4, -0.2) is 26.4 Å². The highest BCUT2D eigenvalue weighted by atomic mass is 16.1. The average Bonchev–Trinajstić information content (AvgIpc) is 3.04. The number of fused-ring (bicyclic) bond motifs is 1. The largest absolute Gasteiger partial charge is 0.350 e. The molecule has 0 saturated heterocycles. The van der Waals surface area contributed by atoms with Crippen LogP contribution in [0.3, 0.4) is 0 Å². The van der Waals surface area contributed by atoms with E-state index in [2.05, 4.69) is 10.3 Å². The number of nitrogens with zero attached hydrogens (tertiary/aromatic N) is 3. The Morgan fingerprint density at radius 2 is 2.15 bits per heavy atom. The molecule has 3 aromatic rings. The molecule has 0 aromatic carbocycles. The molecule has 0 aliphatic carbocycles. The third-order valence-corrected chi connectivity index (χ3v) is 3.26. The van der Waals surface area contributed by atoms with Gasteiger partial charge in [0.2, 0.25) is 0 Å². The SMILES string of the molecule is Cn1cccc1C(=O)NCCc1cn2ccccc2n1. The lowest BCUT2D eigenvalue weighted by Gasteiger charge is -2.04. The van der Waals surface area contributed by atoms with Crippen molar-refractivity contribution in [1.82, 2.24) is 19.3 Å². The van der Waals surface area contributed by atoms with E-state index in [1.165, 1.54) is 0 Å². The molecular formula is C15H16N4O. The lowest BCUT2D eigenvalue weighted by Crippen LogP contribution is -2.27. The Morgan fingerprint density at radius 1 is 1.25 bits per heavy atom. The number of pyridine rings is 1. The van der Waals surface area contributed by atoms with Crippen molar-refractivity contribution in [3.63, 3.8) is 0 Å². The van der Waals surface area contributed by atoms with E-state index >= 15 is 0 Å². The number of imidazole rings is 1. The molecule has 0 atom stereocenters. The number of hydrogen-bond acceptors (Lipinski definition) is 2. The molecule has 0 spiro atoms. The Morgan fingerprint density at radius 3 is 2.90 bits per heavy atom. The van der Waals surface area contributed by atoms with Crippen molar-refractivity contribution < 1.29 is 4.79 Å². The summed E-state index contributed by atoms with van der Waals surface area (Å²) < 4.78 is 3.79. The topological polar surface area (TPSA) is 51.3 Å². The monoisotopic (exact) mass is 268 g/mol. The van der Waals surface area contributed by atoms with Crippen molar-refractivity contribution in [2.45, 2.75) is 6.42 Å². The average molecular weight is 268 g/mol. The first-order valence-electron chi connectivity index (χ1n) is 6.56. The second-order valence-electron chi connectivity index (χ2n) is 4.71. The van der Waals surface area contributed by atoms with E-state index in [1.807, 2.05) is 54.3 Å². The maximum absolute atomic E-state index is 11.9. The Kier molecular flexibility index (Phi) is 3.25. The molecule has 1 amide bonds. The van der Waals surface area contributed by atoms with Crippen LogP contribution in [0.4, 0.5) is 0 Å². The zero-order valence-corrected chi connectivity index (χ0v) is 11.3. The van der Waals surface area contributed by atoms with Gasteiger partial charge in [-0.2, -0.15) is 0 Å². The molecule has 3 aromatic heterocycles. The van der Waals surface area contributed by atoms with Gasteiger partial charge in [-0.3, -0.25) is 4.79 Å². The van der Waals surface area contributed by atoms with E-state index < -0.39 is 0 Å². The molecule has 20 heavy (non-hydrogen) atoms. The van der Waals surface area contributed by atoms with Crippen molar-refractivity contribution in [2.75, 3.05) is 6.54 Å². The van der Waals surface area contributed by atoms with E-state index in [4.69, 9.17) is 0 Å². The van der Waals surface area contributed by atoms with Gasteiger partial charge in [-0.1, -0.05) is 6.07 Å². The van der Waals surface area contributed by atoms with Crippen molar-refractivity contribution in [3.05, 3.63) is 60.3 Å². The van der Waals surface area contributed by atoms with Crippen LogP contribution < -0.4 is 5.32 Å². The van der Waals surface area contributed by atoms with Crippen molar-refractivity contribution in [2.24, 2.45) is 7.05 Å². The van der Waals surface area contributed by atoms with Gasteiger partial charge >= 0.3 is 0 Å². The van der Waals surface area contributed by atoms with E-state index in [-0.39, 0.29) is 5.91 Å². The van der Waals surface area contributed by atoms with Gasteiger partial charge in [0.1, 0.15) is 11.3 Å². The van der Waals surface area contributed by atoms with E-state index in [1.54, 1.807) is 10.6 Å². The summed E-state index contributed by atoms with van der Waals surface area (Å²) in [5.41, 5.74) is 2.57. The molecule has 102 valence electrons. The van der Waals surface area contributed by atoms with Gasteiger partial charge in [-0.15, -0.1) is 0 Å². The zero-order chi connectivity index (χ0) is 13.9. The standard InChI is InChI=1S/C15H16N4O/c1-18-9-4-5-13(18)15(20)16-8-7-12-11-19-10-3-2-6-14(19)17-12/h2-6,9-11H,7-8H2,1H3,(H,16,20). The van der Waals surface area contributed by atoms with Crippen molar-refractivity contribution in [3.8, 4) is 0 Å². The third kappa shape index (κ3) is 2.42. The van der Waals surface area contributed by atoms with Gasteiger partial charge in [0.25, 0.3) is 5.91 Å². The highest BCUT2D eigenvalue weighted by Crippen LogP contribution is 2.05. The quantitative estimate of drug-likeness (QED) is 0.782. The number of rotatable bonds is 4. The fourth-order valence-corrected chi connectivity index (χ4v) is 2.20. The van der Waals surface area contributed by atoms with Gasteiger partial charge in [0.15, 0.2) is 0 Å². The Balaban J connectivity index is 1.60. The summed E-state index contributed by atoms with van der Waals surface area (Å²) in [6.45, 7) is 0.577. The molecule has 0 fully saturated rings. The smallest absolute Gasteiger partial charge is 0.267 e. The molecule has 0 aliphatic heterocycles. The number of aromatic nitrogens is 3. The summed E-state index contributed by atoms with van der Waals surface area (Å²) in [7, 11) is 1.86. The van der Waals surface area contributed by atoms with E-state index in [0.29, 0.717) is 12.2 Å². The number of carbonyl (C=O) groups is 1. The Hall–Kier alpha value is -2.56. The second-order valence-corrected chi connectivity index (χ2v) is 4.71. The van der Waals surface area contributed by atoms with Gasteiger partial charge < -0.3 is 14.3 Å². The van der Waals surface area contributed by atoms with Crippen LogP contribution in [-0.2, 0) is 13.5 Å². The molecule has 5 heteroatoms. The predicted octanol–water partition coefficient (Wildman–Crippen LogP) is 1.65. The summed E-state index contributed by atoms with van der Waals surface area (Å²) in [6, 6.07) is 9.56. The first-order valence-corrected chi connectivity index (χ1v) is 6.56. The minimum absolute atomic E-state index is 0.0544. The molecule has 0 bridgehead atoms. The number of amides is 1. The molecule has 3 rings (SSSR count). The summed E-state index contributed by atoms with van der Waals surface area (Å²) in [5.74, 6) is -0.0544. The van der Waals surface area contributed by atoms with Crippen LogP contribution in [0.15, 0.2) is 48.9 Å². The predicted molar refractivity (Wildman–Crippen MR) is 76.6 cm³/mol. The first-order chi connectivity index (χ1) is 9.74. The third-order valence-electron chi connectivity index (χ3n) is 3.26. The molecule has 5 nitrogen and oxygen atoms in total. The number of hydrogen-bond donors (Lipinski definition) is 1. The van der Waals surface area contributed by atoms with Crippen LogP contribution in [0.1, 0.15) is 16.2 Å². The molecule has 0 radical (unpaired) electrons. The maximum Gasteiger partial charge on any atom is 0.267 e. The second kappa shape index (κ2) is 5.21. The first kappa shape index (κ1) is 12.5. The fraction of sp³-hybridized carbons (Fsp3) is 0.200. The Bertz CT molecular complexity index is 708. The van der Waals surface area contributed by atoms with Crippen LogP contribution in [0.2, 0.25) is 0 Å². The molecule has 1 N–H and O–H groups in total. The summed E-state index contributed by atoms with van der Waals surface area (Å²) in [6.07, 6.45) is 6.53. The highest BCUT2D eigenvalue weighted by molar-refractivity contribution is 5.92. The summed E-state index contributed by atoms with van der Waals surface area (Å²) in [5, 5.41) is 2.91. The Labute approximate surface area is 116 Å². The van der Waals surface area contributed by atoms with Gasteiger partial charge in [0, 0.05) is 38.6 Å².